The molecule has 3 aromatic carbocycles. The van der Waals surface area contributed by atoms with Gasteiger partial charge in [0.15, 0.2) is 18.1 Å². The molecular formula is C25H24BrNO5. The first-order valence-corrected chi connectivity index (χ1v) is 11.5. The van der Waals surface area contributed by atoms with Gasteiger partial charge in [-0.25, -0.2) is 0 Å². The largest absolute Gasteiger partial charge is 0.483 e. The van der Waals surface area contributed by atoms with Gasteiger partial charge in [0.2, 0.25) is 6.79 Å². The minimum Gasteiger partial charge on any atom is -0.483 e. The number of carbonyl (C=O) groups is 1. The van der Waals surface area contributed by atoms with Crippen molar-refractivity contribution in [2.45, 2.75) is 18.3 Å². The van der Waals surface area contributed by atoms with Crippen LogP contribution >= 0.6 is 15.9 Å². The molecule has 1 amide bonds. The third-order valence-corrected chi connectivity index (χ3v) is 7.06. The van der Waals surface area contributed by atoms with Gasteiger partial charge < -0.3 is 24.3 Å². The Morgan fingerprint density at radius 3 is 2.72 bits per heavy atom. The Labute approximate surface area is 194 Å². The van der Waals surface area contributed by atoms with Gasteiger partial charge in [-0.05, 0) is 63.3 Å². The van der Waals surface area contributed by atoms with Crippen molar-refractivity contribution >= 4 is 32.6 Å². The van der Waals surface area contributed by atoms with Crippen molar-refractivity contribution < 1.29 is 23.7 Å². The predicted octanol–water partition coefficient (Wildman–Crippen LogP) is 4.57. The quantitative estimate of drug-likeness (QED) is 0.540. The lowest BCUT2D eigenvalue weighted by molar-refractivity contribution is -0.123. The standard InChI is InChI=1S/C25H24BrNO5/c26-24-19-4-2-1-3-17(19)5-7-21(24)30-14-23(28)27-15-25(9-11-29-12-10-25)18-6-8-20-22(13-18)32-16-31-20/h1-8,13H,9-12,14-16H2,(H,27,28). The van der Waals surface area contributed by atoms with E-state index in [2.05, 4.69) is 27.3 Å². The van der Waals surface area contributed by atoms with Gasteiger partial charge >= 0.3 is 0 Å². The normalized spacial score (nSPS) is 16.7. The summed E-state index contributed by atoms with van der Waals surface area (Å²) in [6, 6.07) is 17.9. The first-order chi connectivity index (χ1) is 15.6. The van der Waals surface area contributed by atoms with E-state index < -0.39 is 0 Å². The summed E-state index contributed by atoms with van der Waals surface area (Å²) >= 11 is 3.60. The zero-order valence-corrected chi connectivity index (χ0v) is 19.2. The molecule has 166 valence electrons. The van der Waals surface area contributed by atoms with Crippen molar-refractivity contribution in [1.29, 1.82) is 0 Å². The summed E-state index contributed by atoms with van der Waals surface area (Å²) in [5, 5.41) is 5.24. The first-order valence-electron chi connectivity index (χ1n) is 10.7. The Hall–Kier alpha value is -2.77. The molecule has 32 heavy (non-hydrogen) atoms. The zero-order valence-electron chi connectivity index (χ0n) is 17.6. The van der Waals surface area contributed by atoms with Crippen LogP contribution in [-0.2, 0) is 14.9 Å². The number of carbonyl (C=O) groups excluding carboxylic acids is 1. The lowest BCUT2D eigenvalue weighted by Crippen LogP contribution is -2.45. The minimum atomic E-state index is -0.210. The highest BCUT2D eigenvalue weighted by Gasteiger charge is 2.36. The fourth-order valence-electron chi connectivity index (χ4n) is 4.34. The summed E-state index contributed by atoms with van der Waals surface area (Å²) in [6.07, 6.45) is 1.65. The molecule has 0 aliphatic carbocycles. The van der Waals surface area contributed by atoms with E-state index in [1.54, 1.807) is 0 Å². The number of hydrogen-bond donors (Lipinski definition) is 1. The number of nitrogens with one attached hydrogen (secondary N) is 1. The van der Waals surface area contributed by atoms with Crippen LogP contribution in [0.2, 0.25) is 0 Å². The maximum absolute atomic E-state index is 12.7. The lowest BCUT2D eigenvalue weighted by Gasteiger charge is -2.38. The van der Waals surface area contributed by atoms with E-state index in [0.717, 1.165) is 45.1 Å². The summed E-state index contributed by atoms with van der Waals surface area (Å²) < 4.78 is 23.3. The number of fused-ring (bicyclic) bond motifs is 2. The molecule has 6 nitrogen and oxygen atoms in total. The zero-order chi connectivity index (χ0) is 22.0. The molecule has 3 aromatic rings. The Morgan fingerprint density at radius 1 is 1.03 bits per heavy atom. The second-order valence-corrected chi connectivity index (χ2v) is 8.92. The highest BCUT2D eigenvalue weighted by molar-refractivity contribution is 9.10. The van der Waals surface area contributed by atoms with Crippen LogP contribution in [0.5, 0.6) is 17.2 Å². The van der Waals surface area contributed by atoms with Crippen molar-refractivity contribution in [3.8, 4) is 17.2 Å². The number of rotatable bonds is 6. The van der Waals surface area contributed by atoms with Crippen LogP contribution in [0.15, 0.2) is 59.1 Å². The monoisotopic (exact) mass is 497 g/mol. The fourth-order valence-corrected chi connectivity index (χ4v) is 4.95. The van der Waals surface area contributed by atoms with Gasteiger partial charge in [0, 0.05) is 25.2 Å². The summed E-state index contributed by atoms with van der Waals surface area (Å²) in [4.78, 5) is 12.7. The SMILES string of the molecule is O=C(COc1ccc2ccccc2c1Br)NCC1(c2ccc3c(c2)OCO3)CCOCC1. The molecule has 0 radical (unpaired) electrons. The van der Waals surface area contributed by atoms with Crippen LogP contribution in [0.25, 0.3) is 10.8 Å². The van der Waals surface area contributed by atoms with E-state index >= 15 is 0 Å². The van der Waals surface area contributed by atoms with E-state index in [4.69, 9.17) is 18.9 Å². The molecule has 0 saturated carbocycles. The van der Waals surface area contributed by atoms with Crippen molar-refractivity contribution in [3.05, 3.63) is 64.6 Å². The molecule has 1 N–H and O–H groups in total. The Balaban J connectivity index is 1.26. The van der Waals surface area contributed by atoms with E-state index in [0.29, 0.717) is 25.5 Å². The molecule has 0 spiro atoms. The van der Waals surface area contributed by atoms with Crippen molar-refractivity contribution in [2.75, 3.05) is 33.2 Å². The van der Waals surface area contributed by atoms with E-state index in [1.807, 2.05) is 48.5 Å². The summed E-state index contributed by atoms with van der Waals surface area (Å²) in [5.74, 6) is 2.01. The predicted molar refractivity (Wildman–Crippen MR) is 124 cm³/mol. The summed E-state index contributed by atoms with van der Waals surface area (Å²) in [6.45, 7) is 2.02. The number of hydrogen-bond acceptors (Lipinski definition) is 5. The third-order valence-electron chi connectivity index (χ3n) is 6.25. The van der Waals surface area contributed by atoms with Gasteiger partial charge in [0.05, 0.1) is 4.47 Å². The van der Waals surface area contributed by atoms with Crippen LogP contribution in [0, 0.1) is 0 Å². The van der Waals surface area contributed by atoms with E-state index in [1.165, 1.54) is 0 Å². The molecule has 5 rings (SSSR count). The molecule has 0 aromatic heterocycles. The highest BCUT2D eigenvalue weighted by Crippen LogP contribution is 2.40. The minimum absolute atomic E-state index is 0.0509. The van der Waals surface area contributed by atoms with Crippen LogP contribution in [0.3, 0.4) is 0 Å². The van der Waals surface area contributed by atoms with Crippen LogP contribution in [0.1, 0.15) is 18.4 Å². The molecule has 0 atom stereocenters. The van der Waals surface area contributed by atoms with Crippen LogP contribution in [-0.4, -0.2) is 39.1 Å². The maximum Gasteiger partial charge on any atom is 0.257 e. The van der Waals surface area contributed by atoms with Gasteiger partial charge in [0.1, 0.15) is 5.75 Å². The number of amides is 1. The molecule has 0 unspecified atom stereocenters. The van der Waals surface area contributed by atoms with Crippen LogP contribution < -0.4 is 19.5 Å². The first kappa shape index (κ1) is 21.1. The Kier molecular flexibility index (Phi) is 5.93. The summed E-state index contributed by atoms with van der Waals surface area (Å²) in [5.41, 5.74) is 0.918. The summed E-state index contributed by atoms with van der Waals surface area (Å²) in [7, 11) is 0. The van der Waals surface area contributed by atoms with Gasteiger partial charge in [-0.3, -0.25) is 4.79 Å². The lowest BCUT2D eigenvalue weighted by atomic mass is 9.74. The molecular weight excluding hydrogens is 474 g/mol. The highest BCUT2D eigenvalue weighted by atomic mass is 79.9. The molecule has 1 fully saturated rings. The molecule has 2 heterocycles. The molecule has 7 heteroatoms. The topological polar surface area (TPSA) is 66.0 Å². The van der Waals surface area contributed by atoms with E-state index in [-0.39, 0.29) is 24.7 Å². The number of ether oxygens (including phenoxy) is 4. The van der Waals surface area contributed by atoms with Gasteiger partial charge in [-0.15, -0.1) is 0 Å². The van der Waals surface area contributed by atoms with Crippen molar-refractivity contribution in [3.63, 3.8) is 0 Å². The van der Waals surface area contributed by atoms with Gasteiger partial charge in [-0.1, -0.05) is 36.4 Å². The fraction of sp³-hybridized carbons (Fsp3) is 0.320. The molecule has 1 saturated heterocycles. The van der Waals surface area contributed by atoms with Gasteiger partial charge in [0.25, 0.3) is 5.91 Å². The maximum atomic E-state index is 12.7. The van der Waals surface area contributed by atoms with Crippen molar-refractivity contribution in [2.24, 2.45) is 0 Å². The average molecular weight is 498 g/mol. The van der Waals surface area contributed by atoms with E-state index in [9.17, 15) is 4.79 Å². The number of halogens is 1. The average Bonchev–Trinajstić information content (AvgIpc) is 3.31. The molecule has 0 bridgehead atoms. The molecule has 2 aliphatic rings. The second-order valence-electron chi connectivity index (χ2n) is 8.12. The Morgan fingerprint density at radius 2 is 1.84 bits per heavy atom. The smallest absolute Gasteiger partial charge is 0.257 e. The Bertz CT molecular complexity index is 1140. The second kappa shape index (κ2) is 9.00. The number of benzene rings is 3. The van der Waals surface area contributed by atoms with Crippen molar-refractivity contribution in [1.82, 2.24) is 5.32 Å². The molecule has 2 aliphatic heterocycles. The third kappa shape index (κ3) is 4.14. The van der Waals surface area contributed by atoms with Gasteiger partial charge in [-0.2, -0.15) is 0 Å². The van der Waals surface area contributed by atoms with Crippen LogP contribution in [0.4, 0.5) is 0 Å².